The van der Waals surface area contributed by atoms with Crippen molar-refractivity contribution in [3.05, 3.63) is 28.7 Å². The lowest BCUT2D eigenvalue weighted by Gasteiger charge is -1.78. The van der Waals surface area contributed by atoms with E-state index in [-0.39, 0.29) is 5.63 Å². The molecule has 0 aliphatic heterocycles. The van der Waals surface area contributed by atoms with Crippen LogP contribution in [0.2, 0.25) is 0 Å². The SMILES string of the molecule is O=c1o[nH]c2ncccc12. The number of nitrogens with zero attached hydrogens (tertiary/aromatic N) is 1. The van der Waals surface area contributed by atoms with Crippen LogP contribution in [0.1, 0.15) is 0 Å². The van der Waals surface area contributed by atoms with Crippen LogP contribution in [0.25, 0.3) is 11.0 Å². The van der Waals surface area contributed by atoms with Gasteiger partial charge in [-0.2, -0.15) is 5.16 Å². The molecule has 1 N–H and O–H groups in total. The second-order valence-corrected chi connectivity index (χ2v) is 1.89. The van der Waals surface area contributed by atoms with Gasteiger partial charge in [0.2, 0.25) is 0 Å². The van der Waals surface area contributed by atoms with Crippen LogP contribution in [-0.4, -0.2) is 10.1 Å². The Balaban J connectivity index is 3.07. The van der Waals surface area contributed by atoms with Crippen LogP contribution in [0.15, 0.2) is 27.6 Å². The van der Waals surface area contributed by atoms with E-state index in [2.05, 4.69) is 14.7 Å². The number of fused-ring (bicyclic) bond motifs is 1. The van der Waals surface area contributed by atoms with E-state index in [4.69, 9.17) is 0 Å². The third-order valence-corrected chi connectivity index (χ3v) is 1.27. The van der Waals surface area contributed by atoms with Crippen LogP contribution < -0.4 is 5.63 Å². The molecule has 0 bridgehead atoms. The summed E-state index contributed by atoms with van der Waals surface area (Å²) in [4.78, 5) is 14.6. The molecule has 0 aromatic carbocycles. The molecule has 4 heteroatoms. The fourth-order valence-corrected chi connectivity index (χ4v) is 0.801. The quantitative estimate of drug-likeness (QED) is 0.574. The molecule has 0 saturated heterocycles. The molecule has 0 unspecified atom stereocenters. The largest absolute Gasteiger partial charge is 0.366 e. The highest BCUT2D eigenvalue weighted by Gasteiger charge is 1.99. The second kappa shape index (κ2) is 1.70. The third-order valence-electron chi connectivity index (χ3n) is 1.27. The van der Waals surface area contributed by atoms with Crippen molar-refractivity contribution in [3.63, 3.8) is 0 Å². The summed E-state index contributed by atoms with van der Waals surface area (Å²) in [6.07, 6.45) is 1.59. The summed E-state index contributed by atoms with van der Waals surface area (Å²) in [7, 11) is 0. The van der Waals surface area contributed by atoms with Gasteiger partial charge in [0.15, 0.2) is 5.65 Å². The molecule has 50 valence electrons. The fraction of sp³-hybridized carbons (Fsp3) is 0. The number of pyridine rings is 1. The van der Waals surface area contributed by atoms with Crippen molar-refractivity contribution in [2.24, 2.45) is 0 Å². The minimum Gasteiger partial charge on any atom is -0.336 e. The molecule has 0 aliphatic carbocycles. The van der Waals surface area contributed by atoms with Gasteiger partial charge in [0.25, 0.3) is 0 Å². The summed E-state index contributed by atoms with van der Waals surface area (Å²) in [6.45, 7) is 0. The average molecular weight is 136 g/mol. The molecule has 0 radical (unpaired) electrons. The first-order chi connectivity index (χ1) is 4.88. The Hall–Kier alpha value is -1.58. The highest BCUT2D eigenvalue weighted by Crippen LogP contribution is 1.99. The van der Waals surface area contributed by atoms with Gasteiger partial charge >= 0.3 is 5.63 Å². The predicted molar refractivity (Wildman–Crippen MR) is 34.6 cm³/mol. The number of hydrogen-bond acceptors (Lipinski definition) is 3. The Morgan fingerprint density at radius 3 is 3.30 bits per heavy atom. The van der Waals surface area contributed by atoms with Crippen LogP contribution in [0, 0.1) is 0 Å². The predicted octanol–water partition coefficient (Wildman–Crippen LogP) is 0.516. The van der Waals surface area contributed by atoms with Gasteiger partial charge in [-0.15, -0.1) is 0 Å². The van der Waals surface area contributed by atoms with Crippen molar-refractivity contribution < 1.29 is 4.52 Å². The second-order valence-electron chi connectivity index (χ2n) is 1.89. The lowest BCUT2D eigenvalue weighted by molar-refractivity contribution is 0.398. The lowest BCUT2D eigenvalue weighted by atomic mass is 10.4. The van der Waals surface area contributed by atoms with Crippen molar-refractivity contribution in [1.29, 1.82) is 0 Å². The van der Waals surface area contributed by atoms with Crippen LogP contribution in [-0.2, 0) is 0 Å². The Morgan fingerprint density at radius 2 is 2.50 bits per heavy atom. The first-order valence-corrected chi connectivity index (χ1v) is 2.80. The summed E-state index contributed by atoms with van der Waals surface area (Å²) in [5.41, 5.74) is 0.121. The molecule has 0 atom stereocenters. The van der Waals surface area contributed by atoms with Crippen LogP contribution in [0.5, 0.6) is 0 Å². The Kier molecular flexibility index (Phi) is 0.887. The summed E-state index contributed by atoms with van der Waals surface area (Å²) >= 11 is 0. The highest BCUT2D eigenvalue weighted by atomic mass is 16.5. The zero-order chi connectivity index (χ0) is 6.97. The van der Waals surface area contributed by atoms with Crippen LogP contribution in [0.4, 0.5) is 0 Å². The van der Waals surface area contributed by atoms with Gasteiger partial charge in [0.1, 0.15) is 5.39 Å². The molecule has 2 aromatic heterocycles. The molecule has 2 rings (SSSR count). The normalized spacial score (nSPS) is 10.4. The third kappa shape index (κ3) is 0.556. The molecule has 2 heterocycles. The molecule has 4 nitrogen and oxygen atoms in total. The van der Waals surface area contributed by atoms with Gasteiger partial charge in [0, 0.05) is 6.20 Å². The highest BCUT2D eigenvalue weighted by molar-refractivity contribution is 5.71. The molecule has 0 saturated carbocycles. The monoisotopic (exact) mass is 136 g/mol. The average Bonchev–Trinajstić information content (AvgIpc) is 2.34. The van der Waals surface area contributed by atoms with Crippen molar-refractivity contribution in [2.45, 2.75) is 0 Å². The van der Waals surface area contributed by atoms with E-state index in [0.29, 0.717) is 11.0 Å². The van der Waals surface area contributed by atoms with Gasteiger partial charge in [-0.1, -0.05) is 0 Å². The zero-order valence-electron chi connectivity index (χ0n) is 5.00. The summed E-state index contributed by atoms with van der Waals surface area (Å²) < 4.78 is 4.47. The summed E-state index contributed by atoms with van der Waals surface area (Å²) in [5, 5.41) is 2.88. The minimum atomic E-state index is -0.372. The number of rotatable bonds is 0. The molecular formula is C6H4N2O2. The van der Waals surface area contributed by atoms with E-state index in [1.54, 1.807) is 18.3 Å². The maximum Gasteiger partial charge on any atom is 0.366 e. The Bertz CT molecular complexity index is 401. The van der Waals surface area contributed by atoms with Gasteiger partial charge in [-0.05, 0) is 12.1 Å². The van der Waals surface area contributed by atoms with Crippen LogP contribution >= 0.6 is 0 Å². The van der Waals surface area contributed by atoms with Crippen LogP contribution in [0.3, 0.4) is 0 Å². The first-order valence-electron chi connectivity index (χ1n) is 2.80. The van der Waals surface area contributed by atoms with Crippen molar-refractivity contribution in [3.8, 4) is 0 Å². The standard InChI is InChI=1S/C6H4N2O2/c9-6-4-2-1-3-7-5(4)8-10-6/h1-3H,(H,7,8). The summed E-state index contributed by atoms with van der Waals surface area (Å²) in [6, 6.07) is 3.34. The van der Waals surface area contributed by atoms with E-state index < -0.39 is 0 Å². The molecule has 0 fully saturated rings. The number of aromatic nitrogens is 2. The molecule has 0 aliphatic rings. The maximum atomic E-state index is 10.7. The van der Waals surface area contributed by atoms with E-state index >= 15 is 0 Å². The Labute approximate surface area is 55.5 Å². The number of H-pyrrole nitrogens is 1. The molecular weight excluding hydrogens is 132 g/mol. The lowest BCUT2D eigenvalue weighted by Crippen LogP contribution is -1.89. The van der Waals surface area contributed by atoms with E-state index in [0.717, 1.165) is 0 Å². The van der Waals surface area contributed by atoms with Crippen molar-refractivity contribution in [2.75, 3.05) is 0 Å². The first kappa shape index (κ1) is 5.22. The van der Waals surface area contributed by atoms with Crippen molar-refractivity contribution in [1.82, 2.24) is 10.1 Å². The van der Waals surface area contributed by atoms with E-state index in [9.17, 15) is 4.79 Å². The van der Waals surface area contributed by atoms with E-state index in [1.165, 1.54) is 0 Å². The maximum absolute atomic E-state index is 10.7. The van der Waals surface area contributed by atoms with Crippen molar-refractivity contribution >= 4 is 11.0 Å². The number of aromatic amines is 1. The topological polar surface area (TPSA) is 58.9 Å². The Morgan fingerprint density at radius 1 is 1.60 bits per heavy atom. The minimum absolute atomic E-state index is 0.372. The fourth-order valence-electron chi connectivity index (χ4n) is 0.801. The van der Waals surface area contributed by atoms with Gasteiger partial charge < -0.3 is 4.52 Å². The summed E-state index contributed by atoms with van der Waals surface area (Å²) in [5.74, 6) is 0. The molecule has 0 amide bonds. The smallest absolute Gasteiger partial charge is 0.336 e. The number of nitrogens with one attached hydrogen (secondary N) is 1. The van der Waals surface area contributed by atoms with Gasteiger partial charge in [0.05, 0.1) is 0 Å². The molecule has 0 spiro atoms. The molecule has 10 heavy (non-hydrogen) atoms. The van der Waals surface area contributed by atoms with Gasteiger partial charge in [-0.25, -0.2) is 9.78 Å². The van der Waals surface area contributed by atoms with E-state index in [1.807, 2.05) is 0 Å². The number of hydrogen-bond donors (Lipinski definition) is 1. The molecule has 2 aromatic rings. The van der Waals surface area contributed by atoms with Gasteiger partial charge in [-0.3, -0.25) is 0 Å². The zero-order valence-corrected chi connectivity index (χ0v) is 5.00.